The summed E-state index contributed by atoms with van der Waals surface area (Å²) in [6.07, 6.45) is 3.88. The molecule has 0 unspecified atom stereocenters. The molecule has 130 valence electrons. The zero-order chi connectivity index (χ0) is 17.4. The molecular weight excluding hydrogens is 345 g/mol. The fourth-order valence-electron chi connectivity index (χ4n) is 2.22. The van der Waals surface area contributed by atoms with Gasteiger partial charge in [-0.15, -0.1) is 10.2 Å². The predicted octanol–water partition coefficient (Wildman–Crippen LogP) is 5.12. The lowest BCUT2D eigenvalue weighted by Crippen LogP contribution is -2.22. The molecule has 0 aliphatic heterocycles. The van der Waals surface area contributed by atoms with E-state index in [2.05, 4.69) is 22.4 Å². The third-order valence-electron chi connectivity index (χ3n) is 3.68. The van der Waals surface area contributed by atoms with Crippen molar-refractivity contribution in [2.24, 2.45) is 5.92 Å². The number of nitrogens with one attached hydrogen (secondary N) is 1. The van der Waals surface area contributed by atoms with Crippen molar-refractivity contribution in [1.29, 1.82) is 0 Å². The molecule has 1 amide bonds. The molecule has 1 atom stereocenters. The van der Waals surface area contributed by atoms with E-state index in [4.69, 9.17) is 0 Å². The first-order valence-electron chi connectivity index (χ1n) is 8.14. The van der Waals surface area contributed by atoms with Crippen LogP contribution in [0.4, 0.5) is 9.52 Å². The number of anilines is 1. The van der Waals surface area contributed by atoms with Crippen molar-refractivity contribution in [3.63, 3.8) is 0 Å². The summed E-state index contributed by atoms with van der Waals surface area (Å²) in [7, 11) is 0. The van der Waals surface area contributed by atoms with Crippen molar-refractivity contribution in [1.82, 2.24) is 10.2 Å². The van der Waals surface area contributed by atoms with E-state index >= 15 is 0 Å². The third kappa shape index (κ3) is 5.87. The summed E-state index contributed by atoms with van der Waals surface area (Å²) in [5.74, 6) is 0.510. The van der Waals surface area contributed by atoms with Gasteiger partial charge in [-0.25, -0.2) is 4.39 Å². The van der Waals surface area contributed by atoms with Crippen molar-refractivity contribution >= 4 is 34.1 Å². The van der Waals surface area contributed by atoms with Crippen molar-refractivity contribution in [3.05, 3.63) is 35.6 Å². The monoisotopic (exact) mass is 367 g/mol. The Hall–Kier alpha value is -1.47. The maximum Gasteiger partial charge on any atom is 0.229 e. The van der Waals surface area contributed by atoms with Gasteiger partial charge >= 0.3 is 0 Å². The largest absolute Gasteiger partial charge is 0.300 e. The van der Waals surface area contributed by atoms with Crippen molar-refractivity contribution in [3.8, 4) is 0 Å². The highest BCUT2D eigenvalue weighted by molar-refractivity contribution is 8.00. The van der Waals surface area contributed by atoms with Gasteiger partial charge in [-0.05, 0) is 30.5 Å². The number of benzene rings is 1. The molecule has 0 saturated heterocycles. The first-order valence-corrected chi connectivity index (χ1v) is 9.94. The Morgan fingerprint density at radius 2 is 2.04 bits per heavy atom. The normalized spacial score (nSPS) is 12.1. The molecule has 7 heteroatoms. The SMILES string of the molecule is CCCC[C@@H](CC)C(=O)Nc1nnc(SCc2ccc(F)cc2)s1. The molecule has 1 heterocycles. The first kappa shape index (κ1) is 18.9. The highest BCUT2D eigenvalue weighted by Gasteiger charge is 2.17. The van der Waals surface area contributed by atoms with E-state index in [1.54, 1.807) is 12.1 Å². The summed E-state index contributed by atoms with van der Waals surface area (Å²) in [4.78, 5) is 12.3. The second kappa shape index (κ2) is 9.74. The number of thioether (sulfide) groups is 1. The minimum Gasteiger partial charge on any atom is -0.300 e. The highest BCUT2D eigenvalue weighted by atomic mass is 32.2. The molecule has 0 bridgehead atoms. The van der Waals surface area contributed by atoms with Crippen LogP contribution < -0.4 is 5.32 Å². The van der Waals surface area contributed by atoms with Gasteiger partial charge < -0.3 is 5.32 Å². The Bertz CT molecular complexity index is 646. The van der Waals surface area contributed by atoms with Crippen LogP contribution in [0.15, 0.2) is 28.6 Å². The van der Waals surface area contributed by atoms with Crippen LogP contribution in [0, 0.1) is 11.7 Å². The third-order valence-corrected chi connectivity index (χ3v) is 5.73. The van der Waals surface area contributed by atoms with Gasteiger partial charge in [0.05, 0.1) is 0 Å². The average Bonchev–Trinajstić information content (AvgIpc) is 3.02. The number of hydrogen-bond acceptors (Lipinski definition) is 5. The number of carbonyl (C=O) groups excluding carboxylic acids is 1. The fraction of sp³-hybridized carbons (Fsp3) is 0.471. The Kier molecular flexibility index (Phi) is 7.65. The molecule has 1 N–H and O–H groups in total. The molecular formula is C17H22FN3OS2. The molecule has 0 spiro atoms. The lowest BCUT2D eigenvalue weighted by molar-refractivity contribution is -0.120. The lowest BCUT2D eigenvalue weighted by Gasteiger charge is -2.12. The standard InChI is InChI=1S/C17H22FN3OS2/c1-3-5-6-13(4-2)15(22)19-16-20-21-17(24-16)23-11-12-7-9-14(18)10-8-12/h7-10,13H,3-6,11H2,1-2H3,(H,19,20,22)/t13-/m1/s1. The maximum absolute atomic E-state index is 12.9. The number of nitrogens with zero attached hydrogens (tertiary/aromatic N) is 2. The number of unbranched alkanes of at least 4 members (excludes halogenated alkanes) is 1. The van der Waals surface area contributed by atoms with Crippen molar-refractivity contribution in [2.45, 2.75) is 49.6 Å². The second-order valence-corrected chi connectivity index (χ2v) is 7.72. The molecule has 0 aliphatic carbocycles. The number of halogens is 1. The molecule has 0 radical (unpaired) electrons. The maximum atomic E-state index is 12.9. The van der Waals surface area contributed by atoms with Crippen LogP contribution in [-0.2, 0) is 10.5 Å². The van der Waals surface area contributed by atoms with Gasteiger partial charge in [-0.1, -0.05) is 61.9 Å². The Balaban J connectivity index is 1.85. The molecule has 2 rings (SSSR count). The van der Waals surface area contributed by atoms with Gasteiger partial charge in [0.2, 0.25) is 11.0 Å². The number of rotatable bonds is 9. The van der Waals surface area contributed by atoms with Gasteiger partial charge in [0.15, 0.2) is 4.34 Å². The van der Waals surface area contributed by atoms with E-state index in [-0.39, 0.29) is 17.6 Å². The summed E-state index contributed by atoms with van der Waals surface area (Å²) in [5.41, 5.74) is 1.02. The topological polar surface area (TPSA) is 54.9 Å². The zero-order valence-electron chi connectivity index (χ0n) is 13.9. The average molecular weight is 368 g/mol. The molecule has 0 saturated carbocycles. The van der Waals surface area contributed by atoms with E-state index in [1.165, 1.54) is 35.2 Å². The molecule has 2 aromatic rings. The molecule has 0 aliphatic rings. The van der Waals surface area contributed by atoms with E-state index in [9.17, 15) is 9.18 Å². The van der Waals surface area contributed by atoms with Crippen LogP contribution in [-0.4, -0.2) is 16.1 Å². The molecule has 4 nitrogen and oxygen atoms in total. The van der Waals surface area contributed by atoms with E-state index in [1.807, 2.05) is 6.92 Å². The molecule has 24 heavy (non-hydrogen) atoms. The molecule has 1 aromatic heterocycles. The van der Waals surface area contributed by atoms with E-state index < -0.39 is 0 Å². The van der Waals surface area contributed by atoms with Crippen LogP contribution in [0.1, 0.15) is 45.1 Å². The van der Waals surface area contributed by atoms with Crippen LogP contribution >= 0.6 is 23.1 Å². The minimum absolute atomic E-state index is 0.0252. The van der Waals surface area contributed by atoms with Crippen molar-refractivity contribution < 1.29 is 9.18 Å². The van der Waals surface area contributed by atoms with Crippen LogP contribution in [0.3, 0.4) is 0 Å². The Morgan fingerprint density at radius 3 is 2.71 bits per heavy atom. The summed E-state index contributed by atoms with van der Waals surface area (Å²) in [6.45, 7) is 4.16. The summed E-state index contributed by atoms with van der Waals surface area (Å²) < 4.78 is 13.7. The van der Waals surface area contributed by atoms with Crippen LogP contribution in [0.2, 0.25) is 0 Å². The number of hydrogen-bond donors (Lipinski definition) is 1. The zero-order valence-corrected chi connectivity index (χ0v) is 15.6. The number of amides is 1. The molecule has 0 fully saturated rings. The second-order valence-electron chi connectivity index (χ2n) is 5.52. The van der Waals surface area contributed by atoms with Gasteiger partial charge in [-0.2, -0.15) is 0 Å². The van der Waals surface area contributed by atoms with Gasteiger partial charge in [0, 0.05) is 11.7 Å². The summed E-state index contributed by atoms with van der Waals surface area (Å²) in [6, 6.07) is 6.41. The predicted molar refractivity (Wildman–Crippen MR) is 97.8 cm³/mol. The van der Waals surface area contributed by atoms with Gasteiger partial charge in [0.25, 0.3) is 0 Å². The Labute approximate surface area is 150 Å². The minimum atomic E-state index is -0.238. The van der Waals surface area contributed by atoms with Crippen LogP contribution in [0.5, 0.6) is 0 Å². The molecule has 1 aromatic carbocycles. The fourth-order valence-corrected chi connectivity index (χ4v) is 3.93. The highest BCUT2D eigenvalue weighted by Crippen LogP contribution is 2.29. The van der Waals surface area contributed by atoms with Crippen LogP contribution in [0.25, 0.3) is 0 Å². The summed E-state index contributed by atoms with van der Waals surface area (Å²) >= 11 is 2.90. The van der Waals surface area contributed by atoms with Crippen molar-refractivity contribution in [2.75, 3.05) is 5.32 Å². The number of aromatic nitrogens is 2. The quantitative estimate of drug-likeness (QED) is 0.493. The first-order chi connectivity index (χ1) is 11.6. The van der Waals surface area contributed by atoms with E-state index in [0.29, 0.717) is 10.9 Å². The lowest BCUT2D eigenvalue weighted by atomic mass is 9.99. The van der Waals surface area contributed by atoms with E-state index in [0.717, 1.165) is 35.6 Å². The van der Waals surface area contributed by atoms with Gasteiger partial charge in [0.1, 0.15) is 5.82 Å². The Morgan fingerprint density at radius 1 is 1.29 bits per heavy atom. The summed E-state index contributed by atoms with van der Waals surface area (Å²) in [5, 5.41) is 11.5. The van der Waals surface area contributed by atoms with Gasteiger partial charge in [-0.3, -0.25) is 4.79 Å². The smallest absolute Gasteiger partial charge is 0.229 e. The number of carbonyl (C=O) groups is 1.